The number of carbonyl (C=O) groups excluding carboxylic acids is 1. The van der Waals surface area contributed by atoms with Gasteiger partial charge in [0.15, 0.2) is 0 Å². The number of carbonyl (C=O) groups is 1. The molecule has 0 aromatic heterocycles. The second-order valence-corrected chi connectivity index (χ2v) is 5.83. The number of amides is 1. The van der Waals surface area contributed by atoms with Gasteiger partial charge < -0.3 is 15.6 Å². The number of rotatable bonds is 9. The number of aliphatic hydroxyl groups is 1. The molecule has 0 bridgehead atoms. The number of hydrogen-bond acceptors (Lipinski definition) is 6. The summed E-state index contributed by atoms with van der Waals surface area (Å²) in [5.74, 6) is 1.94. The van der Waals surface area contributed by atoms with E-state index in [1.165, 1.54) is 0 Å². The molecule has 7 heteroatoms. The van der Waals surface area contributed by atoms with E-state index in [1.807, 2.05) is 0 Å². The second-order valence-electron chi connectivity index (χ2n) is 4.44. The van der Waals surface area contributed by atoms with Gasteiger partial charge in [0.1, 0.15) is 11.9 Å². The molecule has 0 spiro atoms. The first kappa shape index (κ1) is 17.6. The van der Waals surface area contributed by atoms with Crippen LogP contribution in [0.1, 0.15) is 13.3 Å². The SMILES string of the molecule is CCSCC[C@@H](N)C(O)C(=O)NNc1cccc(OC)c1. The lowest BCUT2D eigenvalue weighted by Gasteiger charge is -2.18. The van der Waals surface area contributed by atoms with Gasteiger partial charge in [-0.15, -0.1) is 0 Å². The third-order valence-corrected chi connectivity index (χ3v) is 3.81. The second kappa shape index (κ2) is 9.49. The molecule has 1 amide bonds. The largest absolute Gasteiger partial charge is 0.497 e. The average molecular weight is 313 g/mol. The highest BCUT2D eigenvalue weighted by Crippen LogP contribution is 2.15. The van der Waals surface area contributed by atoms with Crippen molar-refractivity contribution in [1.29, 1.82) is 0 Å². The first-order valence-corrected chi connectivity index (χ1v) is 7.95. The third kappa shape index (κ3) is 6.24. The number of ether oxygens (including phenoxy) is 1. The standard InChI is InChI=1S/C14H23N3O3S/c1-3-21-8-7-12(15)13(18)14(19)17-16-10-5-4-6-11(9-10)20-2/h4-6,9,12-13,16,18H,3,7-8,15H2,1-2H3,(H,17,19)/t12-,13?/m1/s1. The molecule has 0 aliphatic rings. The predicted octanol–water partition coefficient (Wildman–Crippen LogP) is 0.970. The molecular weight excluding hydrogens is 290 g/mol. The van der Waals surface area contributed by atoms with Crippen LogP contribution < -0.4 is 21.3 Å². The number of methoxy groups -OCH3 is 1. The van der Waals surface area contributed by atoms with Crippen LogP contribution in [0.15, 0.2) is 24.3 Å². The zero-order valence-electron chi connectivity index (χ0n) is 12.3. The van der Waals surface area contributed by atoms with Crippen molar-refractivity contribution in [2.45, 2.75) is 25.5 Å². The molecule has 5 N–H and O–H groups in total. The number of thioether (sulfide) groups is 1. The van der Waals surface area contributed by atoms with Crippen molar-refractivity contribution in [2.75, 3.05) is 24.0 Å². The topological polar surface area (TPSA) is 96.6 Å². The number of anilines is 1. The molecule has 6 nitrogen and oxygen atoms in total. The molecule has 0 radical (unpaired) electrons. The number of benzene rings is 1. The van der Waals surface area contributed by atoms with Crippen LogP contribution in [0.5, 0.6) is 5.75 Å². The summed E-state index contributed by atoms with van der Waals surface area (Å²) in [4.78, 5) is 11.8. The molecule has 0 saturated heterocycles. The fourth-order valence-electron chi connectivity index (χ4n) is 1.62. The number of hydrogen-bond donors (Lipinski definition) is 4. The monoisotopic (exact) mass is 313 g/mol. The van der Waals surface area contributed by atoms with E-state index in [4.69, 9.17) is 10.5 Å². The first-order chi connectivity index (χ1) is 10.1. The van der Waals surface area contributed by atoms with Gasteiger partial charge in [0.05, 0.1) is 12.8 Å². The summed E-state index contributed by atoms with van der Waals surface area (Å²) in [6.45, 7) is 2.05. The van der Waals surface area contributed by atoms with Gasteiger partial charge in [-0.2, -0.15) is 11.8 Å². The van der Waals surface area contributed by atoms with E-state index in [0.29, 0.717) is 17.9 Å². The van der Waals surface area contributed by atoms with Crippen LogP contribution in [0, 0.1) is 0 Å². The number of hydrazine groups is 1. The summed E-state index contributed by atoms with van der Waals surface area (Å²) in [6.07, 6.45) is -0.646. The quantitative estimate of drug-likeness (QED) is 0.401. The van der Waals surface area contributed by atoms with Crippen molar-refractivity contribution in [1.82, 2.24) is 5.43 Å². The summed E-state index contributed by atoms with van der Waals surface area (Å²) in [5.41, 5.74) is 11.6. The summed E-state index contributed by atoms with van der Waals surface area (Å²) in [5, 5.41) is 9.85. The Morgan fingerprint density at radius 3 is 2.95 bits per heavy atom. The minimum Gasteiger partial charge on any atom is -0.497 e. The van der Waals surface area contributed by atoms with E-state index in [-0.39, 0.29) is 0 Å². The Morgan fingerprint density at radius 1 is 1.52 bits per heavy atom. The van der Waals surface area contributed by atoms with Gasteiger partial charge in [0.2, 0.25) is 0 Å². The van der Waals surface area contributed by atoms with Gasteiger partial charge in [-0.25, -0.2) is 0 Å². The van der Waals surface area contributed by atoms with E-state index in [1.54, 1.807) is 43.1 Å². The van der Waals surface area contributed by atoms with E-state index in [0.717, 1.165) is 11.5 Å². The van der Waals surface area contributed by atoms with E-state index in [2.05, 4.69) is 17.8 Å². The van der Waals surface area contributed by atoms with Crippen molar-refractivity contribution < 1.29 is 14.6 Å². The fourth-order valence-corrected chi connectivity index (χ4v) is 2.35. The molecule has 1 aromatic carbocycles. The minimum absolute atomic E-state index is 0.549. The maximum Gasteiger partial charge on any atom is 0.268 e. The van der Waals surface area contributed by atoms with Gasteiger partial charge >= 0.3 is 0 Å². The molecule has 0 aliphatic heterocycles. The van der Waals surface area contributed by atoms with Crippen LogP contribution in [-0.4, -0.2) is 41.8 Å². The normalized spacial score (nSPS) is 13.3. The molecule has 1 unspecified atom stereocenters. The number of nitrogens with two attached hydrogens (primary N) is 1. The molecule has 0 fully saturated rings. The van der Waals surface area contributed by atoms with Crippen LogP contribution in [-0.2, 0) is 4.79 Å². The third-order valence-electron chi connectivity index (χ3n) is 2.87. The average Bonchev–Trinajstić information content (AvgIpc) is 2.52. The molecule has 118 valence electrons. The lowest BCUT2D eigenvalue weighted by molar-refractivity contribution is -0.129. The number of aliphatic hydroxyl groups excluding tert-OH is 1. The molecule has 0 saturated carbocycles. The molecule has 1 aromatic rings. The highest BCUT2D eigenvalue weighted by molar-refractivity contribution is 7.99. The van der Waals surface area contributed by atoms with Gasteiger partial charge in [-0.3, -0.25) is 15.6 Å². The minimum atomic E-state index is -1.24. The smallest absolute Gasteiger partial charge is 0.268 e. The Bertz CT molecular complexity index is 445. The Balaban J connectivity index is 2.41. The van der Waals surface area contributed by atoms with Crippen molar-refractivity contribution in [3.63, 3.8) is 0 Å². The maximum atomic E-state index is 11.8. The zero-order chi connectivity index (χ0) is 15.7. The van der Waals surface area contributed by atoms with E-state index in [9.17, 15) is 9.90 Å². The first-order valence-electron chi connectivity index (χ1n) is 6.79. The van der Waals surface area contributed by atoms with Crippen LogP contribution in [0.3, 0.4) is 0 Å². The van der Waals surface area contributed by atoms with E-state index >= 15 is 0 Å². The van der Waals surface area contributed by atoms with Crippen molar-refractivity contribution in [3.8, 4) is 5.75 Å². The molecule has 2 atom stereocenters. The van der Waals surface area contributed by atoms with Crippen LogP contribution in [0.25, 0.3) is 0 Å². The zero-order valence-corrected chi connectivity index (χ0v) is 13.2. The summed E-state index contributed by atoms with van der Waals surface area (Å²) < 4.78 is 5.08. The Morgan fingerprint density at radius 2 is 2.29 bits per heavy atom. The molecule has 21 heavy (non-hydrogen) atoms. The lowest BCUT2D eigenvalue weighted by atomic mass is 10.1. The molecule has 1 rings (SSSR count). The van der Waals surface area contributed by atoms with Crippen molar-refractivity contribution in [2.24, 2.45) is 5.73 Å². The maximum absolute atomic E-state index is 11.8. The summed E-state index contributed by atoms with van der Waals surface area (Å²) in [6, 6.07) is 6.51. The van der Waals surface area contributed by atoms with Gasteiger partial charge in [-0.1, -0.05) is 13.0 Å². The predicted molar refractivity (Wildman–Crippen MR) is 86.4 cm³/mol. The molecule has 0 aliphatic carbocycles. The highest BCUT2D eigenvalue weighted by atomic mass is 32.2. The Kier molecular flexibility index (Phi) is 7.96. The lowest BCUT2D eigenvalue weighted by Crippen LogP contribution is -2.48. The van der Waals surface area contributed by atoms with Gasteiger partial charge in [0, 0.05) is 12.1 Å². The highest BCUT2D eigenvalue weighted by Gasteiger charge is 2.22. The Labute approximate surface area is 129 Å². The molecular formula is C14H23N3O3S. The van der Waals surface area contributed by atoms with Gasteiger partial charge in [-0.05, 0) is 30.1 Å². The van der Waals surface area contributed by atoms with Gasteiger partial charge in [0.25, 0.3) is 5.91 Å². The Hall–Kier alpha value is -1.44. The van der Waals surface area contributed by atoms with Crippen molar-refractivity contribution in [3.05, 3.63) is 24.3 Å². The van der Waals surface area contributed by atoms with Crippen LogP contribution in [0.4, 0.5) is 5.69 Å². The fraction of sp³-hybridized carbons (Fsp3) is 0.500. The van der Waals surface area contributed by atoms with Crippen molar-refractivity contribution >= 4 is 23.4 Å². The number of nitrogens with one attached hydrogen (secondary N) is 2. The van der Waals surface area contributed by atoms with E-state index < -0.39 is 18.1 Å². The van der Waals surface area contributed by atoms with Crippen LogP contribution >= 0.6 is 11.8 Å². The summed E-state index contributed by atoms with van der Waals surface area (Å²) in [7, 11) is 1.56. The summed E-state index contributed by atoms with van der Waals surface area (Å²) >= 11 is 1.73. The molecule has 0 heterocycles. The van der Waals surface area contributed by atoms with Crippen LogP contribution in [0.2, 0.25) is 0 Å².